The van der Waals surface area contributed by atoms with E-state index in [4.69, 9.17) is 0 Å². The van der Waals surface area contributed by atoms with E-state index in [-0.39, 0.29) is 17.5 Å². The Balaban J connectivity index is 1.61. The number of imidazole rings is 1. The lowest BCUT2D eigenvalue weighted by Gasteiger charge is -2.12. The van der Waals surface area contributed by atoms with E-state index in [0.29, 0.717) is 16.8 Å². The van der Waals surface area contributed by atoms with Crippen LogP contribution in [0.15, 0.2) is 54.1 Å². The smallest absolute Gasteiger partial charge is 0.265 e. The van der Waals surface area contributed by atoms with Crippen molar-refractivity contribution < 1.29 is 4.79 Å². The molecule has 0 aliphatic carbocycles. The quantitative estimate of drug-likeness (QED) is 0.596. The number of hydrogen-bond donors (Lipinski definition) is 1. The van der Waals surface area contributed by atoms with E-state index >= 15 is 0 Å². The van der Waals surface area contributed by atoms with Gasteiger partial charge in [-0.15, -0.1) is 0 Å². The third kappa shape index (κ3) is 5.40. The fourth-order valence-corrected chi connectivity index (χ4v) is 3.13. The van der Waals surface area contributed by atoms with Gasteiger partial charge in [-0.25, -0.2) is 9.97 Å². The summed E-state index contributed by atoms with van der Waals surface area (Å²) < 4.78 is 3.36. The van der Waals surface area contributed by atoms with Gasteiger partial charge in [-0.1, -0.05) is 19.9 Å². The average molecular weight is 393 g/mol. The Bertz CT molecular complexity index is 1050. The zero-order chi connectivity index (χ0) is 20.8. The minimum atomic E-state index is -0.233. The highest BCUT2D eigenvalue weighted by molar-refractivity contribution is 5.90. The fraction of sp³-hybridized carbons (Fsp3) is 0.364. The van der Waals surface area contributed by atoms with Crippen molar-refractivity contribution in [2.24, 2.45) is 0 Å². The van der Waals surface area contributed by atoms with Gasteiger partial charge >= 0.3 is 0 Å². The summed E-state index contributed by atoms with van der Waals surface area (Å²) in [5, 5.41) is 3.48. The van der Waals surface area contributed by atoms with Gasteiger partial charge in [0.15, 0.2) is 0 Å². The zero-order valence-corrected chi connectivity index (χ0v) is 17.1. The van der Waals surface area contributed by atoms with Crippen molar-refractivity contribution in [3.05, 3.63) is 65.2 Å². The van der Waals surface area contributed by atoms with E-state index in [1.807, 2.05) is 35.9 Å². The van der Waals surface area contributed by atoms with E-state index in [1.54, 1.807) is 12.5 Å². The van der Waals surface area contributed by atoms with Crippen LogP contribution in [0.5, 0.6) is 0 Å². The van der Waals surface area contributed by atoms with Gasteiger partial charge in [-0.2, -0.15) is 0 Å². The maximum atomic E-state index is 12.7. The van der Waals surface area contributed by atoms with Crippen LogP contribution in [0.1, 0.15) is 45.1 Å². The summed E-state index contributed by atoms with van der Waals surface area (Å²) >= 11 is 0. The summed E-state index contributed by atoms with van der Waals surface area (Å²) in [4.78, 5) is 33.2. The first-order valence-corrected chi connectivity index (χ1v) is 9.89. The molecule has 1 amide bonds. The standard InChI is InChI=1S/C22H27N5O2/c1-16(2)18-6-7-20-19(13-18)22(29)27(15-24-20)11-8-21(28)25-17(3)5-4-10-26-12-9-23-14-26/h6-9,11-17H,4-5,10H2,1-3H3,(H,25,28). The maximum Gasteiger partial charge on any atom is 0.265 e. The Kier molecular flexibility index (Phi) is 6.59. The molecule has 7 nitrogen and oxygen atoms in total. The van der Waals surface area contributed by atoms with Crippen molar-refractivity contribution in [1.29, 1.82) is 0 Å². The molecule has 0 radical (unpaired) electrons. The van der Waals surface area contributed by atoms with Crippen molar-refractivity contribution in [2.75, 3.05) is 0 Å². The number of amides is 1. The molecule has 0 fully saturated rings. The highest BCUT2D eigenvalue weighted by Gasteiger charge is 2.08. The first kappa shape index (κ1) is 20.5. The van der Waals surface area contributed by atoms with Gasteiger partial charge in [0.2, 0.25) is 5.91 Å². The normalized spacial score (nSPS) is 12.7. The second-order valence-corrected chi connectivity index (χ2v) is 7.56. The van der Waals surface area contributed by atoms with Crippen molar-refractivity contribution in [3.63, 3.8) is 0 Å². The number of carbonyl (C=O) groups is 1. The predicted octanol–water partition coefficient (Wildman–Crippen LogP) is 3.17. The van der Waals surface area contributed by atoms with Gasteiger partial charge in [0.25, 0.3) is 5.56 Å². The van der Waals surface area contributed by atoms with Crippen LogP contribution in [0.2, 0.25) is 0 Å². The minimum absolute atomic E-state index is 0.0377. The number of nitrogens with one attached hydrogen (secondary N) is 1. The van der Waals surface area contributed by atoms with Crippen LogP contribution in [0.3, 0.4) is 0 Å². The number of nitrogens with zero attached hydrogens (tertiary/aromatic N) is 4. The SMILES string of the molecule is CC(CCCn1ccnc1)NC(=O)C=Cn1cnc2ccc(C(C)C)cc2c1=O. The van der Waals surface area contributed by atoms with Crippen LogP contribution in [0.25, 0.3) is 17.1 Å². The Hall–Kier alpha value is -3.22. The van der Waals surface area contributed by atoms with Gasteiger partial charge in [-0.3, -0.25) is 14.2 Å². The van der Waals surface area contributed by atoms with Gasteiger partial charge < -0.3 is 9.88 Å². The van der Waals surface area contributed by atoms with Gasteiger partial charge in [-0.05, 0) is 43.4 Å². The first-order valence-electron chi connectivity index (χ1n) is 9.89. The second kappa shape index (κ2) is 9.32. The molecule has 2 aromatic heterocycles. The van der Waals surface area contributed by atoms with Crippen molar-refractivity contribution in [2.45, 2.75) is 52.1 Å². The summed E-state index contributed by atoms with van der Waals surface area (Å²) in [6, 6.07) is 5.76. The van der Waals surface area contributed by atoms with Crippen molar-refractivity contribution >= 4 is 23.0 Å². The lowest BCUT2D eigenvalue weighted by molar-refractivity contribution is -0.117. The largest absolute Gasteiger partial charge is 0.350 e. The zero-order valence-electron chi connectivity index (χ0n) is 17.1. The van der Waals surface area contributed by atoms with E-state index in [9.17, 15) is 9.59 Å². The Morgan fingerprint density at radius 2 is 2.07 bits per heavy atom. The Labute approximate surface area is 170 Å². The molecule has 1 atom stereocenters. The summed E-state index contributed by atoms with van der Waals surface area (Å²) in [5.41, 5.74) is 1.55. The number of aromatic nitrogens is 4. The monoisotopic (exact) mass is 393 g/mol. The predicted molar refractivity (Wildman–Crippen MR) is 114 cm³/mol. The number of hydrogen-bond acceptors (Lipinski definition) is 4. The third-order valence-corrected chi connectivity index (χ3v) is 4.86. The molecule has 152 valence electrons. The van der Waals surface area contributed by atoms with E-state index in [0.717, 1.165) is 24.9 Å². The molecule has 0 spiro atoms. The fourth-order valence-electron chi connectivity index (χ4n) is 3.13. The number of benzene rings is 1. The van der Waals surface area contributed by atoms with Gasteiger partial charge in [0.05, 0.1) is 17.2 Å². The van der Waals surface area contributed by atoms with Crippen LogP contribution in [0, 0.1) is 0 Å². The summed E-state index contributed by atoms with van der Waals surface area (Å²) in [6.45, 7) is 7.00. The average Bonchev–Trinajstić information content (AvgIpc) is 3.20. The molecule has 0 saturated carbocycles. The maximum absolute atomic E-state index is 12.7. The van der Waals surface area contributed by atoms with Crippen molar-refractivity contribution in [1.82, 2.24) is 24.4 Å². The topological polar surface area (TPSA) is 81.8 Å². The third-order valence-electron chi connectivity index (χ3n) is 4.86. The molecular formula is C22H27N5O2. The molecular weight excluding hydrogens is 366 g/mol. The van der Waals surface area contributed by atoms with Crippen LogP contribution >= 0.6 is 0 Å². The van der Waals surface area contributed by atoms with E-state index in [1.165, 1.54) is 23.2 Å². The molecule has 29 heavy (non-hydrogen) atoms. The highest BCUT2D eigenvalue weighted by Crippen LogP contribution is 2.17. The van der Waals surface area contributed by atoms with Gasteiger partial charge in [0, 0.05) is 37.3 Å². The highest BCUT2D eigenvalue weighted by atomic mass is 16.1. The molecule has 1 aromatic carbocycles. The Morgan fingerprint density at radius 3 is 2.79 bits per heavy atom. The minimum Gasteiger partial charge on any atom is -0.350 e. The molecule has 3 rings (SSSR count). The molecule has 7 heteroatoms. The molecule has 1 N–H and O–H groups in total. The molecule has 1 unspecified atom stereocenters. The number of aryl methyl sites for hydroxylation is 1. The van der Waals surface area contributed by atoms with Crippen LogP contribution in [-0.2, 0) is 11.3 Å². The lowest BCUT2D eigenvalue weighted by atomic mass is 10.0. The summed E-state index contributed by atoms with van der Waals surface area (Å²) in [7, 11) is 0. The lowest BCUT2D eigenvalue weighted by Crippen LogP contribution is -2.31. The molecule has 3 aromatic rings. The number of fused-ring (bicyclic) bond motifs is 1. The summed E-state index contributed by atoms with van der Waals surface area (Å²) in [5.74, 6) is 0.0899. The molecule has 0 saturated heterocycles. The summed E-state index contributed by atoms with van der Waals surface area (Å²) in [6.07, 6.45) is 11.5. The van der Waals surface area contributed by atoms with Gasteiger partial charge in [0.1, 0.15) is 6.33 Å². The van der Waals surface area contributed by atoms with Crippen LogP contribution in [-0.4, -0.2) is 31.1 Å². The van der Waals surface area contributed by atoms with E-state index < -0.39 is 0 Å². The molecule has 0 aliphatic heterocycles. The second-order valence-electron chi connectivity index (χ2n) is 7.56. The van der Waals surface area contributed by atoms with E-state index in [2.05, 4.69) is 29.1 Å². The van der Waals surface area contributed by atoms with Crippen molar-refractivity contribution in [3.8, 4) is 0 Å². The molecule has 2 heterocycles. The van der Waals surface area contributed by atoms with Crippen LogP contribution < -0.4 is 10.9 Å². The number of carbonyl (C=O) groups excluding carboxylic acids is 1. The molecule has 0 bridgehead atoms. The molecule has 0 aliphatic rings. The first-order chi connectivity index (χ1) is 13.9. The van der Waals surface area contributed by atoms with Crippen LogP contribution in [0.4, 0.5) is 0 Å². The Morgan fingerprint density at radius 1 is 1.24 bits per heavy atom. The number of rotatable bonds is 8.